The molecule has 3 rings (SSSR count). The van der Waals surface area contributed by atoms with Gasteiger partial charge in [0.1, 0.15) is 0 Å². The number of rotatable bonds is 11. The number of aliphatic hydroxyl groups is 1. The third kappa shape index (κ3) is 7.18. The normalized spacial score (nSPS) is 19.6. The van der Waals surface area contributed by atoms with Crippen LogP contribution in [0.3, 0.4) is 0 Å². The molecule has 14 heteroatoms. The monoisotopic (exact) mass is 575 g/mol. The SMILES string of the molecule is CCCCNS(=O)(=O)N[C@H]1C/C(=C(/C)C(C)(O)OC)N(C(=NCc2ccc(F)c(F)c2F)c2nccs2)C1. The molecule has 0 spiro atoms. The molecule has 1 aliphatic heterocycles. The van der Waals surface area contributed by atoms with E-state index in [9.17, 15) is 26.7 Å². The second kappa shape index (κ2) is 12.7. The summed E-state index contributed by atoms with van der Waals surface area (Å²) in [4.78, 5) is 10.5. The second-order valence-electron chi connectivity index (χ2n) is 8.95. The molecule has 0 bridgehead atoms. The number of halogens is 3. The molecule has 2 aromatic rings. The van der Waals surface area contributed by atoms with Gasteiger partial charge in [-0.3, -0.25) is 4.99 Å². The Hall–Kier alpha value is -2.36. The van der Waals surface area contributed by atoms with Gasteiger partial charge in [-0.1, -0.05) is 19.4 Å². The van der Waals surface area contributed by atoms with Crippen molar-refractivity contribution in [3.05, 3.63) is 63.0 Å². The Bertz CT molecular complexity index is 1280. The molecule has 210 valence electrons. The lowest BCUT2D eigenvalue weighted by Gasteiger charge is -2.29. The molecule has 0 aliphatic carbocycles. The van der Waals surface area contributed by atoms with Crippen LogP contribution in [0, 0.1) is 17.5 Å². The number of thiazole rings is 1. The smallest absolute Gasteiger partial charge is 0.277 e. The number of unbranched alkanes of at least 4 members (excludes halogenated alkanes) is 1. The number of hydrogen-bond acceptors (Lipinski definition) is 7. The van der Waals surface area contributed by atoms with E-state index < -0.39 is 39.5 Å². The maximum absolute atomic E-state index is 14.4. The van der Waals surface area contributed by atoms with E-state index in [-0.39, 0.29) is 37.5 Å². The third-order valence-electron chi connectivity index (χ3n) is 6.23. The summed E-state index contributed by atoms with van der Waals surface area (Å²) in [6.07, 6.45) is 3.23. The van der Waals surface area contributed by atoms with Crippen molar-refractivity contribution in [2.75, 3.05) is 20.2 Å². The summed E-state index contributed by atoms with van der Waals surface area (Å²) in [5, 5.41) is 12.9. The van der Waals surface area contributed by atoms with Crippen LogP contribution >= 0.6 is 11.3 Å². The van der Waals surface area contributed by atoms with Gasteiger partial charge < -0.3 is 14.7 Å². The fraction of sp³-hybridized carbons (Fsp3) is 0.500. The number of methoxy groups -OCH3 is 1. The van der Waals surface area contributed by atoms with Gasteiger partial charge in [-0.15, -0.1) is 11.3 Å². The number of hydrogen-bond donors (Lipinski definition) is 3. The van der Waals surface area contributed by atoms with E-state index in [1.807, 2.05) is 6.92 Å². The first kappa shape index (κ1) is 30.2. The summed E-state index contributed by atoms with van der Waals surface area (Å²) < 4.78 is 77.2. The lowest BCUT2D eigenvalue weighted by molar-refractivity contribution is -0.141. The van der Waals surface area contributed by atoms with E-state index in [1.54, 1.807) is 23.4 Å². The molecule has 1 aromatic carbocycles. The Morgan fingerprint density at radius 3 is 2.71 bits per heavy atom. The zero-order valence-corrected chi connectivity index (χ0v) is 23.2. The predicted molar refractivity (Wildman–Crippen MR) is 139 cm³/mol. The number of aromatic nitrogens is 1. The Labute approximate surface area is 224 Å². The van der Waals surface area contributed by atoms with Crippen molar-refractivity contribution in [1.82, 2.24) is 19.3 Å². The molecular formula is C24H32F3N5O4S2. The van der Waals surface area contributed by atoms with Crippen LogP contribution in [0.5, 0.6) is 0 Å². The summed E-state index contributed by atoms with van der Waals surface area (Å²) in [7, 11) is -2.49. The molecule has 9 nitrogen and oxygen atoms in total. The standard InChI is InChI=1S/C24H32F3N5O4S2/c1-5-6-9-30-38(34,35)31-17-12-19(15(2)24(3,33)36-4)32(14-17)22(23-28-10-11-37-23)29-13-16-7-8-18(25)21(27)20(16)26/h7-8,10-11,17,30-31,33H,5-6,9,12-14H2,1-4H3/b19-15+,29-22?/t17-,24?/m0/s1. The maximum atomic E-state index is 14.4. The van der Waals surface area contributed by atoms with Crippen LogP contribution in [0.2, 0.25) is 0 Å². The molecule has 1 aliphatic rings. The van der Waals surface area contributed by atoms with Crippen LogP contribution in [-0.2, 0) is 21.5 Å². The number of ether oxygens (including phenoxy) is 1. The molecule has 0 amide bonds. The van der Waals surface area contributed by atoms with E-state index in [4.69, 9.17) is 4.74 Å². The number of benzene rings is 1. The van der Waals surface area contributed by atoms with Gasteiger partial charge in [-0.2, -0.15) is 13.1 Å². The Balaban J connectivity index is 2.03. The topological polar surface area (TPSA) is 116 Å². The van der Waals surface area contributed by atoms with Crippen molar-refractivity contribution < 1.29 is 31.4 Å². The molecule has 0 radical (unpaired) electrons. The Kier molecular flexibility index (Phi) is 10.1. The number of amidine groups is 1. The van der Waals surface area contributed by atoms with Gasteiger partial charge in [0.05, 0.1) is 6.54 Å². The average Bonchev–Trinajstić information content (AvgIpc) is 3.54. The largest absolute Gasteiger partial charge is 0.362 e. The van der Waals surface area contributed by atoms with E-state index in [1.165, 1.54) is 25.4 Å². The van der Waals surface area contributed by atoms with Crippen LogP contribution in [0.15, 0.2) is 40.0 Å². The number of nitrogens with zero attached hydrogens (tertiary/aromatic N) is 3. The van der Waals surface area contributed by atoms with Crippen LogP contribution in [0.1, 0.15) is 50.6 Å². The fourth-order valence-electron chi connectivity index (χ4n) is 3.90. The van der Waals surface area contributed by atoms with Gasteiger partial charge in [0.15, 0.2) is 34.1 Å². The van der Waals surface area contributed by atoms with Crippen LogP contribution in [0.4, 0.5) is 13.2 Å². The van der Waals surface area contributed by atoms with Crippen LogP contribution < -0.4 is 9.44 Å². The van der Waals surface area contributed by atoms with Gasteiger partial charge in [0.2, 0.25) is 0 Å². The highest BCUT2D eigenvalue weighted by molar-refractivity contribution is 7.87. The zero-order valence-electron chi connectivity index (χ0n) is 21.6. The molecule has 1 saturated heterocycles. The van der Waals surface area contributed by atoms with Crippen molar-refractivity contribution in [2.45, 2.75) is 58.4 Å². The molecule has 2 atom stereocenters. The van der Waals surface area contributed by atoms with Gasteiger partial charge in [-0.25, -0.2) is 22.9 Å². The maximum Gasteiger partial charge on any atom is 0.277 e. The first-order valence-electron chi connectivity index (χ1n) is 12.0. The van der Waals surface area contributed by atoms with Crippen molar-refractivity contribution in [3.63, 3.8) is 0 Å². The minimum absolute atomic E-state index is 0.111. The lowest BCUT2D eigenvalue weighted by atomic mass is 10.0. The minimum atomic E-state index is -3.82. The van der Waals surface area contributed by atoms with Gasteiger partial charge in [0, 0.05) is 61.1 Å². The van der Waals surface area contributed by atoms with E-state index in [0.717, 1.165) is 18.6 Å². The summed E-state index contributed by atoms with van der Waals surface area (Å²) in [5.74, 6) is -5.66. The summed E-state index contributed by atoms with van der Waals surface area (Å²) in [6, 6.07) is 1.32. The summed E-state index contributed by atoms with van der Waals surface area (Å²) in [5.41, 5.74) is 0.766. The average molecular weight is 576 g/mol. The van der Waals surface area contributed by atoms with Gasteiger partial charge >= 0.3 is 0 Å². The quantitative estimate of drug-likeness (QED) is 0.124. The van der Waals surface area contributed by atoms with Crippen molar-refractivity contribution in [3.8, 4) is 0 Å². The van der Waals surface area contributed by atoms with Crippen LogP contribution in [-0.4, -0.2) is 61.3 Å². The number of likely N-dealkylation sites (tertiary alicyclic amines) is 1. The predicted octanol–water partition coefficient (Wildman–Crippen LogP) is 3.43. The fourth-order valence-corrected chi connectivity index (χ4v) is 5.65. The van der Waals surface area contributed by atoms with Gasteiger partial charge in [0.25, 0.3) is 10.2 Å². The Morgan fingerprint density at radius 1 is 1.34 bits per heavy atom. The first-order valence-corrected chi connectivity index (χ1v) is 14.3. The summed E-state index contributed by atoms with van der Waals surface area (Å²) in [6.45, 7) is 5.11. The molecule has 1 aromatic heterocycles. The molecule has 0 saturated carbocycles. The van der Waals surface area contributed by atoms with Crippen LogP contribution in [0.25, 0.3) is 0 Å². The highest BCUT2D eigenvalue weighted by atomic mass is 32.2. The van der Waals surface area contributed by atoms with E-state index >= 15 is 0 Å². The highest BCUT2D eigenvalue weighted by Gasteiger charge is 2.38. The highest BCUT2D eigenvalue weighted by Crippen LogP contribution is 2.33. The number of aliphatic imine (C=N–C) groups is 1. The molecule has 1 fully saturated rings. The Morgan fingerprint density at radius 2 is 2.08 bits per heavy atom. The minimum Gasteiger partial charge on any atom is -0.362 e. The molecule has 38 heavy (non-hydrogen) atoms. The second-order valence-corrected chi connectivity index (χ2v) is 11.4. The third-order valence-corrected chi connectivity index (χ3v) is 8.23. The van der Waals surface area contributed by atoms with E-state index in [2.05, 4.69) is 19.4 Å². The van der Waals surface area contributed by atoms with Crippen molar-refractivity contribution >= 4 is 27.4 Å². The van der Waals surface area contributed by atoms with Gasteiger partial charge in [-0.05, 0) is 26.3 Å². The first-order chi connectivity index (χ1) is 17.9. The lowest BCUT2D eigenvalue weighted by Crippen LogP contribution is -2.44. The van der Waals surface area contributed by atoms with E-state index in [0.29, 0.717) is 22.7 Å². The van der Waals surface area contributed by atoms with Crippen molar-refractivity contribution in [1.29, 1.82) is 0 Å². The number of nitrogens with one attached hydrogen (secondary N) is 2. The molecule has 1 unspecified atom stereocenters. The molecular weight excluding hydrogens is 543 g/mol. The zero-order chi connectivity index (χ0) is 28.1. The molecule has 2 heterocycles. The molecule has 3 N–H and O–H groups in total. The summed E-state index contributed by atoms with van der Waals surface area (Å²) >= 11 is 1.24. The van der Waals surface area contributed by atoms with Crippen molar-refractivity contribution in [2.24, 2.45) is 4.99 Å².